The first-order valence-electron chi connectivity index (χ1n) is 4.51. The van der Waals surface area contributed by atoms with Crippen molar-refractivity contribution < 1.29 is 5.11 Å². The van der Waals surface area contributed by atoms with Crippen LogP contribution in [0.25, 0.3) is 0 Å². The van der Waals surface area contributed by atoms with Crippen molar-refractivity contribution in [1.82, 2.24) is 0 Å². The molecule has 0 aliphatic heterocycles. The highest BCUT2D eigenvalue weighted by Crippen LogP contribution is 2.24. The normalized spacial score (nSPS) is 39.4. The van der Waals surface area contributed by atoms with Crippen LogP contribution in [0.15, 0.2) is 34.4 Å². The largest absolute Gasteiger partial charge is 0.392 e. The van der Waals surface area contributed by atoms with Crippen LogP contribution in [0.2, 0.25) is 0 Å². The van der Waals surface area contributed by atoms with E-state index in [9.17, 15) is 0 Å². The van der Waals surface area contributed by atoms with E-state index >= 15 is 0 Å². The molecule has 2 heteroatoms. The first-order chi connectivity index (χ1) is 6.13. The second kappa shape index (κ2) is 4.77. The molecule has 0 radical (unpaired) electrons. The van der Waals surface area contributed by atoms with Crippen LogP contribution < -0.4 is 0 Å². The first-order valence-corrected chi connectivity index (χ1v) is 5.30. The summed E-state index contributed by atoms with van der Waals surface area (Å²) >= 11 is 3.47. The van der Waals surface area contributed by atoms with Gasteiger partial charge in [0, 0.05) is 4.48 Å². The molecule has 1 aliphatic carbocycles. The summed E-state index contributed by atoms with van der Waals surface area (Å²) in [5, 5.41) is 9.12. The SMILES string of the molecule is CC1/C=C\C(C)/C=C(Br)\C(CO)=C/1. The van der Waals surface area contributed by atoms with Crippen molar-refractivity contribution in [3.63, 3.8) is 0 Å². The minimum atomic E-state index is 0.0992. The van der Waals surface area contributed by atoms with Crippen LogP contribution in [0.1, 0.15) is 13.8 Å². The van der Waals surface area contributed by atoms with E-state index < -0.39 is 0 Å². The third-order valence-corrected chi connectivity index (χ3v) is 2.84. The van der Waals surface area contributed by atoms with Crippen molar-refractivity contribution in [3.8, 4) is 0 Å². The molecule has 0 heterocycles. The number of halogens is 1. The zero-order valence-electron chi connectivity index (χ0n) is 8.00. The van der Waals surface area contributed by atoms with Crippen LogP contribution in [-0.4, -0.2) is 11.7 Å². The number of aliphatic hydroxyl groups excluding tert-OH is 1. The predicted molar refractivity (Wildman–Crippen MR) is 59.6 cm³/mol. The molecule has 0 spiro atoms. The van der Waals surface area contributed by atoms with Gasteiger partial charge in [-0.3, -0.25) is 0 Å². The lowest BCUT2D eigenvalue weighted by Gasteiger charge is -2.11. The lowest BCUT2D eigenvalue weighted by atomic mass is 9.99. The Morgan fingerprint density at radius 3 is 2.31 bits per heavy atom. The molecule has 2 atom stereocenters. The van der Waals surface area contributed by atoms with Gasteiger partial charge in [-0.05, 0) is 17.4 Å². The molecule has 1 rings (SSSR count). The van der Waals surface area contributed by atoms with Gasteiger partial charge in [0.2, 0.25) is 0 Å². The van der Waals surface area contributed by atoms with E-state index in [-0.39, 0.29) is 6.61 Å². The second-order valence-electron chi connectivity index (χ2n) is 3.47. The van der Waals surface area contributed by atoms with Gasteiger partial charge in [-0.15, -0.1) is 0 Å². The lowest BCUT2D eigenvalue weighted by Crippen LogP contribution is -1.99. The summed E-state index contributed by atoms with van der Waals surface area (Å²) in [7, 11) is 0. The van der Waals surface area contributed by atoms with Crippen LogP contribution in [0.5, 0.6) is 0 Å². The molecule has 0 saturated heterocycles. The number of allylic oxidation sites excluding steroid dienone is 4. The quantitative estimate of drug-likeness (QED) is 0.702. The van der Waals surface area contributed by atoms with E-state index in [0.29, 0.717) is 11.8 Å². The van der Waals surface area contributed by atoms with Crippen LogP contribution in [0.4, 0.5) is 0 Å². The van der Waals surface area contributed by atoms with Gasteiger partial charge in [-0.1, -0.05) is 54.1 Å². The fourth-order valence-electron chi connectivity index (χ4n) is 1.32. The van der Waals surface area contributed by atoms with Gasteiger partial charge in [0.1, 0.15) is 0 Å². The molecule has 2 unspecified atom stereocenters. The van der Waals surface area contributed by atoms with Crippen LogP contribution in [0, 0.1) is 11.8 Å². The minimum Gasteiger partial charge on any atom is -0.392 e. The van der Waals surface area contributed by atoms with Gasteiger partial charge < -0.3 is 5.11 Å². The molecule has 72 valence electrons. The van der Waals surface area contributed by atoms with E-state index in [4.69, 9.17) is 5.11 Å². The highest BCUT2D eigenvalue weighted by molar-refractivity contribution is 9.12. The number of hydrogen-bond donors (Lipinski definition) is 1. The molecule has 1 nitrogen and oxygen atoms in total. The molecule has 0 saturated carbocycles. The van der Waals surface area contributed by atoms with Crippen LogP contribution in [0.3, 0.4) is 0 Å². The van der Waals surface area contributed by atoms with Gasteiger partial charge in [0.05, 0.1) is 6.61 Å². The maximum atomic E-state index is 9.12. The summed E-state index contributed by atoms with van der Waals surface area (Å²) in [6.45, 7) is 4.34. The molecule has 13 heavy (non-hydrogen) atoms. The average Bonchev–Trinajstić information content (AvgIpc) is 2.08. The topological polar surface area (TPSA) is 20.2 Å². The van der Waals surface area contributed by atoms with Crippen LogP contribution in [-0.2, 0) is 0 Å². The fraction of sp³-hybridized carbons (Fsp3) is 0.455. The number of hydrogen-bond acceptors (Lipinski definition) is 1. The Morgan fingerprint density at radius 2 is 1.77 bits per heavy atom. The third-order valence-electron chi connectivity index (χ3n) is 2.07. The Bertz CT molecular complexity index is 263. The van der Waals surface area contributed by atoms with Crippen molar-refractivity contribution >= 4 is 15.9 Å². The first kappa shape index (κ1) is 10.7. The van der Waals surface area contributed by atoms with E-state index in [0.717, 1.165) is 10.1 Å². The van der Waals surface area contributed by atoms with Crippen molar-refractivity contribution in [2.75, 3.05) is 6.61 Å². The van der Waals surface area contributed by atoms with E-state index in [1.807, 2.05) is 0 Å². The average molecular weight is 243 g/mol. The summed E-state index contributed by atoms with van der Waals surface area (Å²) in [5.41, 5.74) is 0.976. The summed E-state index contributed by atoms with van der Waals surface area (Å²) in [6, 6.07) is 0. The highest BCUT2D eigenvalue weighted by Gasteiger charge is 2.07. The Balaban J connectivity index is 2.99. The Hall–Kier alpha value is -0.340. The maximum absolute atomic E-state index is 9.12. The van der Waals surface area contributed by atoms with Crippen molar-refractivity contribution in [3.05, 3.63) is 34.4 Å². The second-order valence-corrected chi connectivity index (χ2v) is 4.32. The van der Waals surface area contributed by atoms with E-state index in [1.165, 1.54) is 0 Å². The molecule has 0 aromatic heterocycles. The molecule has 1 N–H and O–H groups in total. The summed E-state index contributed by atoms with van der Waals surface area (Å²) in [5.74, 6) is 0.818. The number of aliphatic hydroxyl groups is 1. The minimum absolute atomic E-state index is 0.0992. The van der Waals surface area contributed by atoms with Gasteiger partial charge in [0.25, 0.3) is 0 Å². The van der Waals surface area contributed by atoms with E-state index in [1.54, 1.807) is 0 Å². The fourth-order valence-corrected chi connectivity index (χ4v) is 2.00. The summed E-state index contributed by atoms with van der Waals surface area (Å²) in [4.78, 5) is 0. The van der Waals surface area contributed by atoms with Crippen molar-refractivity contribution in [2.45, 2.75) is 13.8 Å². The zero-order valence-corrected chi connectivity index (χ0v) is 9.58. The lowest BCUT2D eigenvalue weighted by molar-refractivity contribution is 0.333. The molecule has 1 aliphatic rings. The highest BCUT2D eigenvalue weighted by atomic mass is 79.9. The maximum Gasteiger partial charge on any atom is 0.0689 e. The smallest absolute Gasteiger partial charge is 0.0689 e. The molecule has 0 aromatic rings. The monoisotopic (exact) mass is 242 g/mol. The summed E-state index contributed by atoms with van der Waals surface area (Å²) < 4.78 is 1.01. The predicted octanol–water partition coefficient (Wildman–Crippen LogP) is 3.03. The molecule has 0 amide bonds. The zero-order chi connectivity index (χ0) is 9.84. The van der Waals surface area contributed by atoms with Gasteiger partial charge in [0.15, 0.2) is 0 Å². The van der Waals surface area contributed by atoms with Crippen molar-refractivity contribution in [1.29, 1.82) is 0 Å². The number of rotatable bonds is 1. The standard InChI is InChI=1S/C11H15BrO/c1-8-3-4-9(2)6-11(12)10(5-8)7-13/h3-6,8-9,13H,7H2,1-2H3/b4-3-,10-5-,11-6+. The molecule has 0 fully saturated rings. The van der Waals surface area contributed by atoms with Gasteiger partial charge in [-0.2, -0.15) is 0 Å². The molecule has 0 aromatic carbocycles. The van der Waals surface area contributed by atoms with Gasteiger partial charge >= 0.3 is 0 Å². The van der Waals surface area contributed by atoms with Crippen LogP contribution >= 0.6 is 15.9 Å². The van der Waals surface area contributed by atoms with Gasteiger partial charge in [-0.25, -0.2) is 0 Å². The Labute approximate surface area is 88.0 Å². The Morgan fingerprint density at radius 1 is 1.23 bits per heavy atom. The molecular weight excluding hydrogens is 228 g/mol. The Kier molecular flexibility index (Phi) is 3.94. The molecular formula is C11H15BrO. The van der Waals surface area contributed by atoms with E-state index in [2.05, 4.69) is 54.1 Å². The summed E-state index contributed by atoms with van der Waals surface area (Å²) in [6.07, 6.45) is 8.51. The molecule has 0 bridgehead atoms. The third kappa shape index (κ3) is 3.12. The van der Waals surface area contributed by atoms with Crippen molar-refractivity contribution in [2.24, 2.45) is 11.8 Å².